The van der Waals surface area contributed by atoms with Gasteiger partial charge in [-0.2, -0.15) is 0 Å². The fourth-order valence-electron chi connectivity index (χ4n) is 7.60. The second kappa shape index (κ2) is 14.6. The normalized spacial score (nSPS) is 22.5. The van der Waals surface area contributed by atoms with E-state index in [0.29, 0.717) is 0 Å². The molecule has 218 valence electrons. The Labute approximate surface area is 235 Å². The molecule has 4 nitrogen and oxygen atoms in total. The maximum absolute atomic E-state index is 7.65. The minimum atomic E-state index is -2.90. The van der Waals surface area contributed by atoms with Crippen LogP contribution in [0.5, 0.6) is 0 Å². The molecule has 0 saturated heterocycles. The summed E-state index contributed by atoms with van der Waals surface area (Å²) in [7, 11) is -8.87. The SMILES string of the molecule is CCOCCC[Si](O[Si](C)(C)C1CCCCC1)(O[Si](C)(C)C1CCCCC1)O[Si](C)(C)C1CCCCC1. The van der Waals surface area contributed by atoms with Crippen LogP contribution in [0.25, 0.3) is 0 Å². The highest BCUT2D eigenvalue weighted by atomic mass is 28.5. The van der Waals surface area contributed by atoms with E-state index in [1.807, 2.05) is 0 Å². The smallest absolute Gasteiger partial charge is 0.416 e. The van der Waals surface area contributed by atoms with Crippen molar-refractivity contribution in [1.29, 1.82) is 0 Å². The quantitative estimate of drug-likeness (QED) is 0.150. The summed E-state index contributed by atoms with van der Waals surface area (Å²) in [4.78, 5) is 0. The van der Waals surface area contributed by atoms with Gasteiger partial charge in [0.05, 0.1) is 0 Å². The molecule has 8 heteroatoms. The van der Waals surface area contributed by atoms with E-state index < -0.39 is 33.8 Å². The summed E-state index contributed by atoms with van der Waals surface area (Å²) >= 11 is 0. The molecule has 0 aromatic heterocycles. The molecule has 0 aromatic carbocycles. The predicted molar refractivity (Wildman–Crippen MR) is 168 cm³/mol. The average Bonchev–Trinajstić information content (AvgIpc) is 2.87. The molecule has 0 bridgehead atoms. The van der Waals surface area contributed by atoms with Crippen LogP contribution < -0.4 is 0 Å². The van der Waals surface area contributed by atoms with Crippen LogP contribution in [0, 0.1) is 0 Å². The number of hydrogen-bond donors (Lipinski definition) is 0. The minimum absolute atomic E-state index is 0.742. The predicted octanol–water partition coefficient (Wildman–Crippen LogP) is 10.0. The lowest BCUT2D eigenvalue weighted by Crippen LogP contribution is -2.64. The molecule has 0 unspecified atom stereocenters. The van der Waals surface area contributed by atoms with E-state index in [4.69, 9.17) is 17.1 Å². The molecule has 0 radical (unpaired) electrons. The minimum Gasteiger partial charge on any atom is -0.416 e. The van der Waals surface area contributed by atoms with Crippen molar-refractivity contribution in [2.75, 3.05) is 13.2 Å². The molecule has 0 amide bonds. The lowest BCUT2D eigenvalue weighted by atomic mass is 10.0. The third-order valence-electron chi connectivity index (χ3n) is 10.00. The number of rotatable bonds is 14. The van der Waals surface area contributed by atoms with E-state index >= 15 is 0 Å². The van der Waals surface area contributed by atoms with Crippen LogP contribution in [0.1, 0.15) is 110 Å². The second-order valence-corrected chi connectivity index (χ2v) is 30.5. The van der Waals surface area contributed by atoms with Crippen LogP contribution in [0.3, 0.4) is 0 Å². The van der Waals surface area contributed by atoms with Crippen molar-refractivity contribution in [2.24, 2.45) is 0 Å². The molecular weight excluding hydrogens is 525 g/mol. The Morgan fingerprint density at radius 3 is 1.14 bits per heavy atom. The maximum atomic E-state index is 7.65. The van der Waals surface area contributed by atoms with Crippen molar-refractivity contribution in [2.45, 2.75) is 172 Å². The standard InChI is InChI=1S/C29H62O4Si4/c1-8-30-25-18-26-37(31-34(2,3)27-19-12-9-13-20-27,32-35(4,5)28-21-14-10-15-22-28)33-36(6,7)29-23-16-11-17-24-29/h27-29H,8-26H2,1-7H3. The van der Waals surface area contributed by atoms with E-state index in [2.05, 4.69) is 46.2 Å². The van der Waals surface area contributed by atoms with Gasteiger partial charge in [-0.1, -0.05) is 96.3 Å². The van der Waals surface area contributed by atoms with Crippen LogP contribution in [0.2, 0.25) is 61.9 Å². The molecule has 0 N–H and O–H groups in total. The molecule has 3 rings (SSSR count). The van der Waals surface area contributed by atoms with Gasteiger partial charge in [-0.15, -0.1) is 0 Å². The topological polar surface area (TPSA) is 36.9 Å². The van der Waals surface area contributed by atoms with E-state index in [0.717, 1.165) is 42.3 Å². The highest BCUT2D eigenvalue weighted by Crippen LogP contribution is 2.46. The third kappa shape index (κ3) is 9.65. The van der Waals surface area contributed by atoms with Crippen LogP contribution in [-0.4, -0.2) is 47.0 Å². The van der Waals surface area contributed by atoms with Crippen molar-refractivity contribution in [1.82, 2.24) is 0 Å². The van der Waals surface area contributed by atoms with Gasteiger partial charge < -0.3 is 17.1 Å². The molecular formula is C29H62O4Si4. The third-order valence-corrected chi connectivity index (χ3v) is 28.6. The number of ether oxygens (including phenoxy) is 1. The number of hydrogen-bond acceptors (Lipinski definition) is 4. The first-order valence-electron chi connectivity index (χ1n) is 16.2. The van der Waals surface area contributed by atoms with Crippen molar-refractivity contribution >= 4 is 33.8 Å². The summed E-state index contributed by atoms with van der Waals surface area (Å²) in [6.07, 6.45) is 21.5. The Morgan fingerprint density at radius 2 is 0.838 bits per heavy atom. The van der Waals surface area contributed by atoms with Gasteiger partial charge in [-0.25, -0.2) is 0 Å². The van der Waals surface area contributed by atoms with E-state index in [-0.39, 0.29) is 0 Å². The van der Waals surface area contributed by atoms with Gasteiger partial charge in [-0.05, 0) is 69.3 Å². The summed E-state index contributed by atoms with van der Waals surface area (Å²) in [5, 5.41) is 0. The van der Waals surface area contributed by atoms with E-state index in [1.54, 1.807) is 0 Å². The van der Waals surface area contributed by atoms with Crippen molar-refractivity contribution in [3.63, 3.8) is 0 Å². The summed E-state index contributed by atoms with van der Waals surface area (Å²) in [6.45, 7) is 18.7. The van der Waals surface area contributed by atoms with Gasteiger partial charge in [0.15, 0.2) is 25.0 Å². The molecule has 3 aliphatic rings. The molecule has 3 aliphatic carbocycles. The van der Waals surface area contributed by atoms with Crippen LogP contribution in [-0.2, 0) is 17.1 Å². The first kappa shape index (κ1) is 32.2. The van der Waals surface area contributed by atoms with Crippen molar-refractivity contribution in [3.05, 3.63) is 0 Å². The summed E-state index contributed by atoms with van der Waals surface area (Å²) in [5.74, 6) is 0. The second-order valence-electron chi connectivity index (χ2n) is 14.1. The van der Waals surface area contributed by atoms with Gasteiger partial charge in [-0.3, -0.25) is 0 Å². The lowest BCUT2D eigenvalue weighted by Gasteiger charge is -2.50. The van der Waals surface area contributed by atoms with Gasteiger partial charge in [0, 0.05) is 19.3 Å². The first-order valence-corrected chi connectivity index (χ1v) is 27.1. The zero-order valence-corrected chi connectivity index (χ0v) is 29.8. The largest absolute Gasteiger partial charge is 0.469 e. The van der Waals surface area contributed by atoms with Gasteiger partial charge in [0.2, 0.25) is 0 Å². The zero-order valence-electron chi connectivity index (χ0n) is 25.8. The zero-order chi connectivity index (χ0) is 27.0. The Bertz CT molecular complexity index is 575. The highest BCUT2D eigenvalue weighted by Gasteiger charge is 2.56. The van der Waals surface area contributed by atoms with Crippen molar-refractivity contribution < 1.29 is 17.1 Å². The van der Waals surface area contributed by atoms with Gasteiger partial charge >= 0.3 is 8.80 Å². The van der Waals surface area contributed by atoms with Crippen LogP contribution in [0.4, 0.5) is 0 Å². The fourth-order valence-corrected chi connectivity index (χ4v) is 28.0. The molecule has 0 atom stereocenters. The first-order chi connectivity index (χ1) is 17.5. The molecule has 3 saturated carbocycles. The Balaban J connectivity index is 1.93. The molecule has 0 heterocycles. The molecule has 3 fully saturated rings. The van der Waals surface area contributed by atoms with Crippen LogP contribution in [0.15, 0.2) is 0 Å². The van der Waals surface area contributed by atoms with E-state index in [1.165, 1.54) is 96.3 Å². The molecule has 0 aromatic rings. The van der Waals surface area contributed by atoms with Gasteiger partial charge in [0.25, 0.3) is 0 Å². The monoisotopic (exact) mass is 586 g/mol. The summed E-state index contributed by atoms with van der Waals surface area (Å²) in [6, 6.07) is 0.947. The molecule has 0 aliphatic heterocycles. The maximum Gasteiger partial charge on any atom is 0.469 e. The van der Waals surface area contributed by atoms with Gasteiger partial charge in [0.1, 0.15) is 0 Å². The summed E-state index contributed by atoms with van der Waals surface area (Å²) in [5.41, 5.74) is 2.23. The highest BCUT2D eigenvalue weighted by molar-refractivity contribution is 6.91. The molecule has 0 spiro atoms. The van der Waals surface area contributed by atoms with E-state index in [9.17, 15) is 0 Å². The Morgan fingerprint density at radius 1 is 0.514 bits per heavy atom. The fraction of sp³-hybridized carbons (Fsp3) is 1.00. The average molecular weight is 587 g/mol. The Kier molecular flexibility index (Phi) is 12.7. The lowest BCUT2D eigenvalue weighted by molar-refractivity contribution is 0.142. The summed E-state index contributed by atoms with van der Waals surface area (Å²) < 4.78 is 28.8. The molecule has 37 heavy (non-hydrogen) atoms. The Hall–Kier alpha value is 0.708. The van der Waals surface area contributed by atoms with Crippen LogP contribution >= 0.6 is 0 Å². The van der Waals surface area contributed by atoms with Crippen molar-refractivity contribution in [3.8, 4) is 0 Å².